The van der Waals surface area contributed by atoms with Crippen LogP contribution in [0.25, 0.3) is 11.2 Å². The number of hydrogen-bond acceptors (Lipinski definition) is 3. The predicted octanol–water partition coefficient (Wildman–Crippen LogP) is 2.40. The molecule has 2 aromatic heterocycles. The van der Waals surface area contributed by atoms with Crippen LogP contribution in [-0.2, 0) is 4.79 Å². The number of allylic oxidation sites excluding steroid dienone is 2. The summed E-state index contributed by atoms with van der Waals surface area (Å²) in [5, 5.41) is 9.30. The second-order valence-electron chi connectivity index (χ2n) is 5.00. The van der Waals surface area contributed by atoms with Crippen molar-refractivity contribution in [1.29, 1.82) is 0 Å². The maximum absolute atomic E-state index is 11.3. The maximum Gasteiger partial charge on any atom is 0.307 e. The number of nitrogens with one attached hydrogen (secondary N) is 1. The number of aliphatic carboxylic acids is 1. The third-order valence-electron chi connectivity index (χ3n) is 3.59. The quantitative estimate of drug-likeness (QED) is 0.810. The zero-order chi connectivity index (χ0) is 13.4. The van der Waals surface area contributed by atoms with Gasteiger partial charge in [-0.05, 0) is 31.4 Å². The van der Waals surface area contributed by atoms with E-state index >= 15 is 0 Å². The van der Waals surface area contributed by atoms with Crippen LogP contribution in [0.1, 0.15) is 30.1 Å². The molecule has 2 N–H and O–H groups in total. The molecular weight excluding hydrogens is 242 g/mol. The number of rotatable bonds is 2. The van der Waals surface area contributed by atoms with Crippen LogP contribution in [0.5, 0.6) is 0 Å². The normalized spacial score (nSPS) is 22.8. The largest absolute Gasteiger partial charge is 0.481 e. The minimum absolute atomic E-state index is 0.1000. The van der Waals surface area contributed by atoms with Gasteiger partial charge in [-0.2, -0.15) is 0 Å². The van der Waals surface area contributed by atoms with Gasteiger partial charge in [-0.1, -0.05) is 12.2 Å². The molecule has 0 radical (unpaired) electrons. The lowest BCUT2D eigenvalue weighted by Gasteiger charge is -2.23. The number of aryl methyl sites for hydroxylation is 1. The summed E-state index contributed by atoms with van der Waals surface area (Å²) in [6.07, 6.45) is 6.98. The van der Waals surface area contributed by atoms with E-state index in [-0.39, 0.29) is 5.92 Å². The van der Waals surface area contributed by atoms with Crippen LogP contribution in [0.4, 0.5) is 0 Å². The molecule has 1 aliphatic carbocycles. The van der Waals surface area contributed by atoms with E-state index in [9.17, 15) is 9.90 Å². The molecule has 19 heavy (non-hydrogen) atoms. The van der Waals surface area contributed by atoms with E-state index in [0.717, 1.165) is 16.9 Å². The molecule has 5 heteroatoms. The standard InChI is InChI=1S/C14H15N3O2/c1-8-6-11-13(15-7-8)17-12(16-11)9-4-2-3-5-10(9)14(18)19/h2-3,6-7,9-10H,4-5H2,1H3,(H,18,19)(H,15,16,17). The van der Waals surface area contributed by atoms with Crippen LogP contribution >= 0.6 is 0 Å². The summed E-state index contributed by atoms with van der Waals surface area (Å²) in [5.41, 5.74) is 2.58. The van der Waals surface area contributed by atoms with Crippen LogP contribution in [-0.4, -0.2) is 26.0 Å². The second-order valence-corrected chi connectivity index (χ2v) is 5.00. The summed E-state index contributed by atoms with van der Waals surface area (Å²) < 4.78 is 0. The minimum atomic E-state index is -0.765. The first-order valence-corrected chi connectivity index (χ1v) is 6.35. The molecule has 98 valence electrons. The van der Waals surface area contributed by atoms with Crippen molar-refractivity contribution in [2.24, 2.45) is 5.92 Å². The monoisotopic (exact) mass is 257 g/mol. The van der Waals surface area contributed by atoms with Gasteiger partial charge in [0.05, 0.1) is 11.4 Å². The molecule has 0 fully saturated rings. The SMILES string of the molecule is Cc1cnc2nc(C3CC=CCC3C(=O)O)[nH]c2c1. The summed E-state index contributed by atoms with van der Waals surface area (Å²) in [6, 6.07) is 1.98. The Hall–Kier alpha value is -2.17. The lowest BCUT2D eigenvalue weighted by molar-refractivity contribution is -0.142. The lowest BCUT2D eigenvalue weighted by atomic mass is 9.82. The summed E-state index contributed by atoms with van der Waals surface area (Å²) in [7, 11) is 0. The maximum atomic E-state index is 11.3. The van der Waals surface area contributed by atoms with Gasteiger partial charge >= 0.3 is 5.97 Å². The Morgan fingerprint density at radius 1 is 1.42 bits per heavy atom. The number of aromatic amines is 1. The van der Waals surface area contributed by atoms with E-state index in [2.05, 4.69) is 15.0 Å². The zero-order valence-corrected chi connectivity index (χ0v) is 10.6. The molecule has 2 unspecified atom stereocenters. The van der Waals surface area contributed by atoms with Crippen molar-refractivity contribution >= 4 is 17.1 Å². The van der Waals surface area contributed by atoms with Crippen molar-refractivity contribution in [3.8, 4) is 0 Å². The molecule has 0 saturated heterocycles. The van der Waals surface area contributed by atoms with Crippen molar-refractivity contribution in [3.05, 3.63) is 35.8 Å². The molecule has 3 rings (SSSR count). The summed E-state index contributed by atoms with van der Waals surface area (Å²) in [4.78, 5) is 23.2. The number of pyridine rings is 1. The fourth-order valence-corrected chi connectivity index (χ4v) is 2.59. The molecule has 0 saturated carbocycles. The van der Waals surface area contributed by atoms with Crippen LogP contribution in [0.2, 0.25) is 0 Å². The second kappa shape index (κ2) is 4.50. The number of carboxylic acids is 1. The van der Waals surface area contributed by atoms with E-state index in [1.807, 2.05) is 25.1 Å². The van der Waals surface area contributed by atoms with Crippen LogP contribution in [0.15, 0.2) is 24.4 Å². The van der Waals surface area contributed by atoms with Crippen LogP contribution < -0.4 is 0 Å². The predicted molar refractivity (Wildman–Crippen MR) is 70.9 cm³/mol. The average molecular weight is 257 g/mol. The Bertz CT molecular complexity index is 660. The van der Waals surface area contributed by atoms with E-state index in [0.29, 0.717) is 18.5 Å². The lowest BCUT2D eigenvalue weighted by Crippen LogP contribution is -2.24. The number of carbonyl (C=O) groups is 1. The van der Waals surface area contributed by atoms with E-state index in [4.69, 9.17) is 0 Å². The number of fused-ring (bicyclic) bond motifs is 1. The fraction of sp³-hybridized carbons (Fsp3) is 0.357. The molecule has 0 spiro atoms. The van der Waals surface area contributed by atoms with Crippen LogP contribution in [0.3, 0.4) is 0 Å². The summed E-state index contributed by atoms with van der Waals surface area (Å²) in [6.45, 7) is 1.97. The van der Waals surface area contributed by atoms with Gasteiger partial charge in [-0.25, -0.2) is 9.97 Å². The van der Waals surface area contributed by atoms with Crippen molar-refractivity contribution < 1.29 is 9.90 Å². The first-order valence-electron chi connectivity index (χ1n) is 6.35. The van der Waals surface area contributed by atoms with Crippen molar-refractivity contribution in [3.63, 3.8) is 0 Å². The van der Waals surface area contributed by atoms with Gasteiger partial charge in [0.1, 0.15) is 5.82 Å². The highest BCUT2D eigenvalue weighted by atomic mass is 16.4. The van der Waals surface area contributed by atoms with Gasteiger partial charge in [0.25, 0.3) is 0 Å². The Balaban J connectivity index is 2.02. The highest BCUT2D eigenvalue weighted by molar-refractivity contribution is 5.74. The number of H-pyrrole nitrogens is 1. The molecule has 0 amide bonds. The Morgan fingerprint density at radius 3 is 3.00 bits per heavy atom. The molecule has 5 nitrogen and oxygen atoms in total. The number of carboxylic acid groups (broad SMARTS) is 1. The Kier molecular flexibility index (Phi) is 2.81. The van der Waals surface area contributed by atoms with E-state index in [1.165, 1.54) is 0 Å². The first kappa shape index (κ1) is 11.9. The summed E-state index contributed by atoms with van der Waals surface area (Å²) >= 11 is 0. The summed E-state index contributed by atoms with van der Waals surface area (Å²) in [5.74, 6) is -0.549. The molecule has 0 bridgehead atoms. The van der Waals surface area contributed by atoms with Gasteiger partial charge in [-0.15, -0.1) is 0 Å². The molecule has 0 aromatic carbocycles. The number of nitrogens with zero attached hydrogens (tertiary/aromatic N) is 2. The third-order valence-corrected chi connectivity index (χ3v) is 3.59. The fourth-order valence-electron chi connectivity index (χ4n) is 2.59. The van der Waals surface area contributed by atoms with Gasteiger partial charge in [0, 0.05) is 12.1 Å². The molecule has 2 atom stereocenters. The Labute approximate surface area is 110 Å². The van der Waals surface area contributed by atoms with E-state index < -0.39 is 11.9 Å². The molecule has 2 heterocycles. The number of hydrogen-bond donors (Lipinski definition) is 2. The van der Waals surface area contributed by atoms with Crippen LogP contribution in [0, 0.1) is 12.8 Å². The van der Waals surface area contributed by atoms with Gasteiger partial charge < -0.3 is 10.1 Å². The average Bonchev–Trinajstić information content (AvgIpc) is 2.81. The highest BCUT2D eigenvalue weighted by Gasteiger charge is 2.32. The third kappa shape index (κ3) is 2.12. The minimum Gasteiger partial charge on any atom is -0.481 e. The van der Waals surface area contributed by atoms with Crippen molar-refractivity contribution in [2.75, 3.05) is 0 Å². The smallest absolute Gasteiger partial charge is 0.307 e. The van der Waals surface area contributed by atoms with Gasteiger partial charge in [-0.3, -0.25) is 4.79 Å². The first-order chi connectivity index (χ1) is 9.15. The van der Waals surface area contributed by atoms with Crippen molar-refractivity contribution in [1.82, 2.24) is 15.0 Å². The highest BCUT2D eigenvalue weighted by Crippen LogP contribution is 2.33. The topological polar surface area (TPSA) is 78.9 Å². The molecule has 1 aliphatic rings. The molecule has 2 aromatic rings. The van der Waals surface area contributed by atoms with Crippen molar-refractivity contribution in [2.45, 2.75) is 25.7 Å². The Morgan fingerprint density at radius 2 is 2.21 bits per heavy atom. The number of imidazole rings is 1. The van der Waals surface area contributed by atoms with Gasteiger partial charge in [0.15, 0.2) is 5.65 Å². The zero-order valence-electron chi connectivity index (χ0n) is 10.6. The van der Waals surface area contributed by atoms with Gasteiger partial charge in [0.2, 0.25) is 0 Å². The molecular formula is C14H15N3O2. The number of aromatic nitrogens is 3. The van der Waals surface area contributed by atoms with E-state index in [1.54, 1.807) is 6.20 Å². The molecule has 0 aliphatic heterocycles.